The Labute approximate surface area is 115 Å². The second kappa shape index (κ2) is 9.39. The molecule has 0 aliphatic carbocycles. The van der Waals surface area contributed by atoms with Crippen LogP contribution in [0.25, 0.3) is 0 Å². The minimum Gasteiger partial charge on any atom is -0.466 e. The minimum absolute atomic E-state index is 0.137. The molecule has 0 saturated heterocycles. The van der Waals surface area contributed by atoms with E-state index >= 15 is 0 Å². The molecule has 0 saturated carbocycles. The van der Waals surface area contributed by atoms with Gasteiger partial charge in [-0.2, -0.15) is 0 Å². The Bertz CT molecular complexity index is 354. The molecule has 0 atom stereocenters. The monoisotopic (exact) mass is 264 g/mol. The summed E-state index contributed by atoms with van der Waals surface area (Å²) >= 11 is 0. The van der Waals surface area contributed by atoms with Crippen molar-refractivity contribution in [2.75, 3.05) is 31.1 Å². The smallest absolute Gasteiger partial charge is 0.307 e. The van der Waals surface area contributed by atoms with Gasteiger partial charge in [-0.3, -0.25) is 4.79 Å². The highest BCUT2D eigenvalue weighted by Gasteiger charge is 2.09. The predicted octanol–water partition coefficient (Wildman–Crippen LogP) is 2.19. The maximum Gasteiger partial charge on any atom is 0.307 e. The maximum absolute atomic E-state index is 11.4. The highest BCUT2D eigenvalue weighted by atomic mass is 16.5. The van der Waals surface area contributed by atoms with Gasteiger partial charge in [0.2, 0.25) is 0 Å². The van der Waals surface area contributed by atoms with Crippen molar-refractivity contribution in [1.29, 1.82) is 0 Å². The molecule has 2 N–H and O–H groups in total. The van der Waals surface area contributed by atoms with E-state index in [1.54, 1.807) is 0 Å². The Morgan fingerprint density at radius 3 is 2.58 bits per heavy atom. The molecule has 0 amide bonds. The Morgan fingerprint density at radius 1 is 1.21 bits per heavy atom. The minimum atomic E-state index is -0.137. The third kappa shape index (κ3) is 6.25. The summed E-state index contributed by atoms with van der Waals surface area (Å²) < 4.78 is 4.97. The summed E-state index contributed by atoms with van der Waals surface area (Å²) in [6, 6.07) is 10.1. The van der Waals surface area contributed by atoms with Crippen molar-refractivity contribution in [2.45, 2.75) is 26.2 Å². The van der Waals surface area contributed by atoms with Crippen molar-refractivity contribution in [2.24, 2.45) is 5.73 Å². The van der Waals surface area contributed by atoms with Crippen molar-refractivity contribution in [1.82, 2.24) is 0 Å². The number of benzene rings is 1. The number of anilines is 1. The molecule has 4 nitrogen and oxygen atoms in total. The lowest BCUT2D eigenvalue weighted by Gasteiger charge is -2.24. The number of nitrogens with two attached hydrogens (primary N) is 1. The zero-order valence-electron chi connectivity index (χ0n) is 11.7. The summed E-state index contributed by atoms with van der Waals surface area (Å²) in [7, 11) is 0. The van der Waals surface area contributed by atoms with E-state index in [0.29, 0.717) is 26.1 Å². The van der Waals surface area contributed by atoms with Gasteiger partial charge in [-0.15, -0.1) is 0 Å². The van der Waals surface area contributed by atoms with E-state index in [0.717, 1.165) is 25.1 Å². The lowest BCUT2D eigenvalue weighted by Crippen LogP contribution is -2.28. The van der Waals surface area contributed by atoms with Crippen molar-refractivity contribution in [3.8, 4) is 0 Å². The number of carbonyl (C=O) groups excluding carboxylic acids is 1. The van der Waals surface area contributed by atoms with Crippen molar-refractivity contribution < 1.29 is 9.53 Å². The third-order valence-corrected chi connectivity index (χ3v) is 2.89. The van der Waals surface area contributed by atoms with E-state index in [4.69, 9.17) is 10.5 Å². The summed E-state index contributed by atoms with van der Waals surface area (Å²) in [5, 5.41) is 0. The quantitative estimate of drug-likeness (QED) is 0.548. The number of nitrogens with zero attached hydrogens (tertiary/aromatic N) is 1. The first-order valence-electron chi connectivity index (χ1n) is 6.93. The summed E-state index contributed by atoms with van der Waals surface area (Å²) in [5.74, 6) is -0.137. The lowest BCUT2D eigenvalue weighted by molar-refractivity contribution is -0.142. The van der Waals surface area contributed by atoms with Crippen LogP contribution in [0.5, 0.6) is 0 Å². The Balaban J connectivity index is 2.52. The Morgan fingerprint density at radius 2 is 1.95 bits per heavy atom. The fourth-order valence-electron chi connectivity index (χ4n) is 1.92. The van der Waals surface area contributed by atoms with Crippen molar-refractivity contribution in [3.05, 3.63) is 30.3 Å². The van der Waals surface area contributed by atoms with E-state index in [-0.39, 0.29) is 5.97 Å². The second-order valence-electron chi connectivity index (χ2n) is 4.37. The molecule has 0 aliphatic heterocycles. The molecule has 0 spiro atoms. The first kappa shape index (κ1) is 15.5. The number of ether oxygens (including phenoxy) is 1. The standard InChI is InChI=1S/C15H24N2O2/c1-2-19-15(18)10-13-17(12-7-6-11-16)14-8-4-3-5-9-14/h3-5,8-9H,2,6-7,10-13,16H2,1H3. The molecule has 4 heteroatoms. The van der Waals surface area contributed by atoms with Crippen LogP contribution in [0, 0.1) is 0 Å². The van der Waals surface area contributed by atoms with Crippen LogP contribution < -0.4 is 10.6 Å². The van der Waals surface area contributed by atoms with Gasteiger partial charge in [-0.1, -0.05) is 18.2 Å². The third-order valence-electron chi connectivity index (χ3n) is 2.89. The van der Waals surface area contributed by atoms with Gasteiger partial charge in [0.25, 0.3) is 0 Å². The molecule has 106 valence electrons. The Hall–Kier alpha value is -1.55. The van der Waals surface area contributed by atoms with Crippen LogP contribution in [0.2, 0.25) is 0 Å². The highest BCUT2D eigenvalue weighted by Crippen LogP contribution is 2.14. The van der Waals surface area contributed by atoms with Gasteiger partial charge in [0.1, 0.15) is 0 Å². The van der Waals surface area contributed by atoms with Crippen LogP contribution in [-0.2, 0) is 9.53 Å². The molecule has 0 unspecified atom stereocenters. The first-order chi connectivity index (χ1) is 9.27. The van der Waals surface area contributed by atoms with Crippen LogP contribution in [0.4, 0.5) is 5.69 Å². The predicted molar refractivity (Wildman–Crippen MR) is 78.2 cm³/mol. The maximum atomic E-state index is 11.4. The van der Waals surface area contributed by atoms with Gasteiger partial charge in [0.05, 0.1) is 13.0 Å². The molecule has 1 aromatic carbocycles. The van der Waals surface area contributed by atoms with E-state index in [1.165, 1.54) is 0 Å². The number of hydrogen-bond acceptors (Lipinski definition) is 4. The molecule has 1 rings (SSSR count). The zero-order chi connectivity index (χ0) is 13.9. The molecular weight excluding hydrogens is 240 g/mol. The van der Waals surface area contributed by atoms with Gasteiger partial charge < -0.3 is 15.4 Å². The average Bonchev–Trinajstić information content (AvgIpc) is 2.44. The SMILES string of the molecule is CCOC(=O)CCN(CCCCN)c1ccccc1. The molecule has 1 aromatic rings. The highest BCUT2D eigenvalue weighted by molar-refractivity contribution is 5.70. The number of para-hydroxylation sites is 1. The number of carbonyl (C=O) groups is 1. The molecule has 0 fully saturated rings. The summed E-state index contributed by atoms with van der Waals surface area (Å²) in [6.45, 7) is 4.58. The van der Waals surface area contributed by atoms with Gasteiger partial charge >= 0.3 is 5.97 Å². The number of esters is 1. The average molecular weight is 264 g/mol. The molecule has 0 radical (unpaired) electrons. The number of hydrogen-bond donors (Lipinski definition) is 1. The van der Waals surface area contributed by atoms with Crippen LogP contribution in [0.1, 0.15) is 26.2 Å². The number of unbranched alkanes of at least 4 members (excludes halogenated alkanes) is 1. The summed E-state index contributed by atoms with van der Waals surface area (Å²) in [4.78, 5) is 13.7. The zero-order valence-corrected chi connectivity index (χ0v) is 11.7. The number of rotatable bonds is 9. The molecule has 0 aliphatic rings. The second-order valence-corrected chi connectivity index (χ2v) is 4.37. The summed E-state index contributed by atoms with van der Waals surface area (Å²) in [5.41, 5.74) is 6.66. The Kier molecular flexibility index (Phi) is 7.66. The van der Waals surface area contributed by atoms with E-state index < -0.39 is 0 Å². The van der Waals surface area contributed by atoms with Crippen LogP contribution >= 0.6 is 0 Å². The van der Waals surface area contributed by atoms with E-state index in [9.17, 15) is 4.79 Å². The molecule has 19 heavy (non-hydrogen) atoms. The van der Waals surface area contributed by atoms with Crippen molar-refractivity contribution >= 4 is 11.7 Å². The van der Waals surface area contributed by atoms with E-state index in [1.807, 2.05) is 25.1 Å². The summed E-state index contributed by atoms with van der Waals surface area (Å²) in [6.07, 6.45) is 2.46. The van der Waals surface area contributed by atoms with Crippen LogP contribution in [0.3, 0.4) is 0 Å². The van der Waals surface area contributed by atoms with Gasteiger partial charge in [0, 0.05) is 18.8 Å². The molecule has 0 aromatic heterocycles. The molecule has 0 heterocycles. The van der Waals surface area contributed by atoms with Gasteiger partial charge in [0.15, 0.2) is 0 Å². The fourth-order valence-corrected chi connectivity index (χ4v) is 1.92. The van der Waals surface area contributed by atoms with Crippen LogP contribution in [0.15, 0.2) is 30.3 Å². The van der Waals surface area contributed by atoms with Crippen molar-refractivity contribution in [3.63, 3.8) is 0 Å². The first-order valence-corrected chi connectivity index (χ1v) is 6.93. The normalized spacial score (nSPS) is 10.2. The van der Waals surface area contributed by atoms with Crippen LogP contribution in [-0.4, -0.2) is 32.2 Å². The molecule has 0 bridgehead atoms. The van der Waals surface area contributed by atoms with Gasteiger partial charge in [-0.25, -0.2) is 0 Å². The van der Waals surface area contributed by atoms with E-state index in [2.05, 4.69) is 17.0 Å². The fraction of sp³-hybridized carbons (Fsp3) is 0.533. The molecular formula is C15H24N2O2. The largest absolute Gasteiger partial charge is 0.466 e. The topological polar surface area (TPSA) is 55.6 Å². The van der Waals surface area contributed by atoms with Gasteiger partial charge in [-0.05, 0) is 38.4 Å². The lowest BCUT2D eigenvalue weighted by atomic mass is 10.2.